The molecule has 2 aromatic carbocycles. The zero-order chi connectivity index (χ0) is 19.7. The molecule has 3 aromatic rings. The lowest BCUT2D eigenvalue weighted by Crippen LogP contribution is -2.38. The van der Waals surface area contributed by atoms with E-state index < -0.39 is 17.5 Å². The molecule has 0 atom stereocenters. The van der Waals surface area contributed by atoms with E-state index in [-0.39, 0.29) is 24.5 Å². The number of benzene rings is 2. The van der Waals surface area contributed by atoms with Gasteiger partial charge in [-0.05, 0) is 29.8 Å². The smallest absolute Gasteiger partial charge is 0.257 e. The first-order chi connectivity index (χ1) is 13.5. The molecule has 0 saturated heterocycles. The number of carbonyl (C=O) groups is 1. The van der Waals surface area contributed by atoms with Crippen molar-refractivity contribution in [3.8, 4) is 5.88 Å². The van der Waals surface area contributed by atoms with Crippen molar-refractivity contribution in [1.82, 2.24) is 14.7 Å². The highest BCUT2D eigenvalue weighted by molar-refractivity contribution is 5.94. The van der Waals surface area contributed by atoms with Crippen LogP contribution in [0, 0.1) is 17.5 Å². The fourth-order valence-corrected chi connectivity index (χ4v) is 3.06. The summed E-state index contributed by atoms with van der Waals surface area (Å²) in [4.78, 5) is 14.0. The third kappa shape index (κ3) is 3.71. The number of amides is 1. The first-order valence-electron chi connectivity index (χ1n) is 8.68. The predicted octanol–water partition coefficient (Wildman–Crippen LogP) is 3.54. The second-order valence-electron chi connectivity index (χ2n) is 6.46. The molecule has 1 aliphatic heterocycles. The van der Waals surface area contributed by atoms with Gasteiger partial charge in [0.15, 0.2) is 0 Å². The van der Waals surface area contributed by atoms with E-state index in [0.717, 1.165) is 23.4 Å². The normalized spacial score (nSPS) is 13.3. The van der Waals surface area contributed by atoms with Crippen LogP contribution in [0.1, 0.15) is 21.6 Å². The molecule has 5 nitrogen and oxygen atoms in total. The zero-order valence-corrected chi connectivity index (χ0v) is 14.7. The standard InChI is InChI=1S/C20H16F3N3O2/c21-14-3-1-13(2-4-14)12-28-19-10-16-11-25(7-8-26(16)24-19)20(27)17-6-5-15(22)9-18(17)23/h1-6,9-10H,7-8,11-12H2. The molecule has 0 spiro atoms. The topological polar surface area (TPSA) is 47.4 Å². The lowest BCUT2D eigenvalue weighted by molar-refractivity contribution is 0.0701. The molecule has 28 heavy (non-hydrogen) atoms. The van der Waals surface area contributed by atoms with Crippen molar-refractivity contribution in [2.24, 2.45) is 0 Å². The minimum absolute atomic E-state index is 0.165. The predicted molar refractivity (Wildman–Crippen MR) is 94.1 cm³/mol. The summed E-state index contributed by atoms with van der Waals surface area (Å²) < 4.78 is 47.3. The Hall–Kier alpha value is -3.29. The van der Waals surface area contributed by atoms with Crippen LogP contribution >= 0.6 is 0 Å². The van der Waals surface area contributed by atoms with Crippen LogP contribution < -0.4 is 4.74 Å². The lowest BCUT2D eigenvalue weighted by Gasteiger charge is -2.27. The first kappa shape index (κ1) is 18.1. The summed E-state index contributed by atoms with van der Waals surface area (Å²) in [6, 6.07) is 10.6. The number of hydrogen-bond donors (Lipinski definition) is 0. The SMILES string of the molecule is O=C(c1ccc(F)cc1F)N1CCn2nc(OCc3ccc(F)cc3)cc2C1. The monoisotopic (exact) mass is 387 g/mol. The second kappa shape index (κ2) is 7.38. The van der Waals surface area contributed by atoms with Gasteiger partial charge in [0.05, 0.1) is 24.3 Å². The van der Waals surface area contributed by atoms with Crippen molar-refractivity contribution in [3.05, 3.63) is 82.8 Å². The summed E-state index contributed by atoms with van der Waals surface area (Å²) in [6.07, 6.45) is 0. The molecule has 1 amide bonds. The molecule has 0 bridgehead atoms. The third-order valence-corrected chi connectivity index (χ3v) is 4.52. The van der Waals surface area contributed by atoms with Gasteiger partial charge in [-0.1, -0.05) is 12.1 Å². The van der Waals surface area contributed by atoms with E-state index in [9.17, 15) is 18.0 Å². The van der Waals surface area contributed by atoms with Gasteiger partial charge >= 0.3 is 0 Å². The van der Waals surface area contributed by atoms with Crippen molar-refractivity contribution in [2.75, 3.05) is 6.54 Å². The van der Waals surface area contributed by atoms with E-state index >= 15 is 0 Å². The van der Waals surface area contributed by atoms with E-state index in [1.807, 2.05) is 0 Å². The summed E-state index contributed by atoms with van der Waals surface area (Å²) in [5.74, 6) is -2.04. The van der Waals surface area contributed by atoms with Gasteiger partial charge in [-0.3, -0.25) is 9.48 Å². The first-order valence-corrected chi connectivity index (χ1v) is 8.68. The van der Waals surface area contributed by atoms with Gasteiger partial charge in [0, 0.05) is 18.7 Å². The number of ether oxygens (including phenoxy) is 1. The number of rotatable bonds is 4. The summed E-state index contributed by atoms with van der Waals surface area (Å²) >= 11 is 0. The van der Waals surface area contributed by atoms with Gasteiger partial charge in [-0.25, -0.2) is 13.2 Å². The molecular formula is C20H16F3N3O2. The molecule has 0 unspecified atom stereocenters. The van der Waals surface area contributed by atoms with Gasteiger partial charge < -0.3 is 9.64 Å². The fourth-order valence-electron chi connectivity index (χ4n) is 3.06. The summed E-state index contributed by atoms with van der Waals surface area (Å²) in [5.41, 5.74) is 1.38. The van der Waals surface area contributed by atoms with Crippen LogP contribution in [-0.4, -0.2) is 27.1 Å². The van der Waals surface area contributed by atoms with Crippen LogP contribution in [0.15, 0.2) is 48.5 Å². The number of nitrogens with zero attached hydrogens (tertiary/aromatic N) is 3. The van der Waals surface area contributed by atoms with E-state index in [2.05, 4.69) is 5.10 Å². The highest BCUT2D eigenvalue weighted by Crippen LogP contribution is 2.21. The third-order valence-electron chi connectivity index (χ3n) is 4.52. The molecule has 8 heteroatoms. The van der Waals surface area contributed by atoms with Crippen molar-refractivity contribution in [3.63, 3.8) is 0 Å². The maximum absolute atomic E-state index is 13.9. The van der Waals surface area contributed by atoms with Crippen LogP contribution in [0.4, 0.5) is 13.2 Å². The Morgan fingerprint density at radius 3 is 2.50 bits per heavy atom. The maximum atomic E-state index is 13.9. The largest absolute Gasteiger partial charge is 0.472 e. The highest BCUT2D eigenvalue weighted by Gasteiger charge is 2.25. The van der Waals surface area contributed by atoms with Crippen molar-refractivity contribution < 1.29 is 22.7 Å². The number of carbonyl (C=O) groups excluding carboxylic acids is 1. The molecule has 144 valence electrons. The average Bonchev–Trinajstić information content (AvgIpc) is 3.09. The molecule has 0 saturated carbocycles. The highest BCUT2D eigenvalue weighted by atomic mass is 19.1. The van der Waals surface area contributed by atoms with E-state index in [1.54, 1.807) is 22.9 Å². The number of fused-ring (bicyclic) bond motifs is 1. The number of hydrogen-bond acceptors (Lipinski definition) is 3. The van der Waals surface area contributed by atoms with Gasteiger partial charge in [-0.15, -0.1) is 5.10 Å². The molecule has 0 aliphatic carbocycles. The minimum Gasteiger partial charge on any atom is -0.472 e. The Labute approximate surface area is 159 Å². The van der Waals surface area contributed by atoms with E-state index in [0.29, 0.717) is 25.0 Å². The van der Waals surface area contributed by atoms with Gasteiger partial charge in [-0.2, -0.15) is 0 Å². The molecular weight excluding hydrogens is 371 g/mol. The number of aromatic nitrogens is 2. The lowest BCUT2D eigenvalue weighted by atomic mass is 10.1. The van der Waals surface area contributed by atoms with Crippen molar-refractivity contribution in [2.45, 2.75) is 19.7 Å². The number of halogens is 3. The molecule has 0 N–H and O–H groups in total. The van der Waals surface area contributed by atoms with Crippen LogP contribution in [-0.2, 0) is 19.7 Å². The Morgan fingerprint density at radius 1 is 1.00 bits per heavy atom. The van der Waals surface area contributed by atoms with Crippen molar-refractivity contribution in [1.29, 1.82) is 0 Å². The summed E-state index contributed by atoms with van der Waals surface area (Å²) in [7, 11) is 0. The Balaban J connectivity index is 1.44. The van der Waals surface area contributed by atoms with Crippen LogP contribution in [0.2, 0.25) is 0 Å². The fraction of sp³-hybridized carbons (Fsp3) is 0.200. The molecule has 1 aliphatic rings. The summed E-state index contributed by atoms with van der Waals surface area (Å²) in [5, 5.41) is 4.34. The van der Waals surface area contributed by atoms with E-state index in [4.69, 9.17) is 4.74 Å². The minimum atomic E-state index is -0.882. The molecule has 1 aromatic heterocycles. The van der Waals surface area contributed by atoms with Crippen molar-refractivity contribution >= 4 is 5.91 Å². The van der Waals surface area contributed by atoms with Gasteiger partial charge in [0.25, 0.3) is 5.91 Å². The van der Waals surface area contributed by atoms with Gasteiger partial charge in [0.2, 0.25) is 5.88 Å². The molecule has 2 heterocycles. The summed E-state index contributed by atoms with van der Waals surface area (Å²) in [6.45, 7) is 1.26. The van der Waals surface area contributed by atoms with Crippen LogP contribution in [0.3, 0.4) is 0 Å². The van der Waals surface area contributed by atoms with Gasteiger partial charge in [0.1, 0.15) is 24.1 Å². The zero-order valence-electron chi connectivity index (χ0n) is 14.7. The Bertz CT molecular complexity index is 1020. The Morgan fingerprint density at radius 2 is 1.75 bits per heavy atom. The molecule has 0 radical (unpaired) electrons. The van der Waals surface area contributed by atoms with Crippen LogP contribution in [0.5, 0.6) is 5.88 Å². The quantitative estimate of drug-likeness (QED) is 0.688. The second-order valence-corrected chi connectivity index (χ2v) is 6.46. The van der Waals surface area contributed by atoms with Crippen LogP contribution in [0.25, 0.3) is 0 Å². The molecule has 4 rings (SSSR count). The average molecular weight is 387 g/mol. The maximum Gasteiger partial charge on any atom is 0.257 e. The molecule has 0 fully saturated rings. The van der Waals surface area contributed by atoms with E-state index in [1.165, 1.54) is 17.0 Å². The Kier molecular flexibility index (Phi) is 4.77.